The number of hydrogen-bond donors (Lipinski definition) is 1. The van der Waals surface area contributed by atoms with Gasteiger partial charge in [-0.15, -0.1) is 0 Å². The zero-order valence-corrected chi connectivity index (χ0v) is 14.5. The van der Waals surface area contributed by atoms with Crippen LogP contribution in [0, 0.1) is 6.92 Å². The number of nitrogens with one attached hydrogen (secondary N) is 1. The Morgan fingerprint density at radius 3 is 2.64 bits per heavy atom. The first-order chi connectivity index (χ1) is 12.0. The topological polar surface area (TPSA) is 78.4 Å². The van der Waals surface area contributed by atoms with Crippen LogP contribution in [0.4, 0.5) is 11.6 Å². The fraction of sp³-hybridized carbons (Fsp3) is 0.294. The Labute approximate surface area is 150 Å². The zero-order valence-electron chi connectivity index (χ0n) is 13.8. The maximum absolute atomic E-state index is 12.7. The number of aromatic nitrogens is 2. The minimum absolute atomic E-state index is 0.162. The van der Waals surface area contributed by atoms with Crippen LogP contribution >= 0.6 is 11.6 Å². The molecule has 1 fully saturated rings. The standard InChI is InChI=1S/C17H18ClN5O2/c1-12-9-15(16(25)23-7-5-22(11-24)6-8-23)21-17(19-12)20-14-4-2-3-13(18)10-14/h2-4,9-11H,5-8H2,1H3,(H,19,20,21). The van der Waals surface area contributed by atoms with E-state index in [1.165, 1.54) is 0 Å². The number of carbonyl (C=O) groups is 2. The molecule has 1 saturated heterocycles. The van der Waals surface area contributed by atoms with E-state index < -0.39 is 0 Å². The van der Waals surface area contributed by atoms with E-state index in [-0.39, 0.29) is 5.91 Å². The van der Waals surface area contributed by atoms with Gasteiger partial charge in [-0.1, -0.05) is 17.7 Å². The largest absolute Gasteiger partial charge is 0.342 e. The van der Waals surface area contributed by atoms with E-state index in [4.69, 9.17) is 11.6 Å². The van der Waals surface area contributed by atoms with E-state index in [0.29, 0.717) is 48.5 Å². The molecule has 0 spiro atoms. The van der Waals surface area contributed by atoms with Crippen LogP contribution in [-0.2, 0) is 4.79 Å². The molecule has 2 heterocycles. The average Bonchev–Trinajstić information content (AvgIpc) is 2.60. The van der Waals surface area contributed by atoms with Gasteiger partial charge in [0.1, 0.15) is 5.69 Å². The van der Waals surface area contributed by atoms with Crippen molar-refractivity contribution in [3.8, 4) is 0 Å². The summed E-state index contributed by atoms with van der Waals surface area (Å²) in [5, 5.41) is 3.67. The summed E-state index contributed by atoms with van der Waals surface area (Å²) in [6, 6.07) is 8.86. The fourth-order valence-electron chi connectivity index (χ4n) is 2.62. The Bertz CT molecular complexity index is 790. The molecule has 0 atom stereocenters. The van der Waals surface area contributed by atoms with E-state index in [2.05, 4.69) is 15.3 Å². The number of halogens is 1. The SMILES string of the molecule is Cc1cc(C(=O)N2CCN(C=O)CC2)nc(Nc2cccc(Cl)c2)n1. The van der Waals surface area contributed by atoms with Crippen LogP contribution in [0.25, 0.3) is 0 Å². The van der Waals surface area contributed by atoms with E-state index in [1.54, 1.807) is 28.0 Å². The molecule has 7 nitrogen and oxygen atoms in total. The molecule has 130 valence electrons. The van der Waals surface area contributed by atoms with Crippen molar-refractivity contribution in [3.63, 3.8) is 0 Å². The fourth-order valence-corrected chi connectivity index (χ4v) is 2.81. The van der Waals surface area contributed by atoms with Gasteiger partial charge in [-0.05, 0) is 31.2 Å². The van der Waals surface area contributed by atoms with E-state index in [0.717, 1.165) is 12.1 Å². The number of piperazine rings is 1. The van der Waals surface area contributed by atoms with Crippen molar-refractivity contribution in [2.75, 3.05) is 31.5 Å². The van der Waals surface area contributed by atoms with Crippen molar-refractivity contribution in [2.24, 2.45) is 0 Å². The third-order valence-corrected chi connectivity index (χ3v) is 4.14. The molecule has 0 saturated carbocycles. The minimum atomic E-state index is -0.162. The third-order valence-electron chi connectivity index (χ3n) is 3.90. The van der Waals surface area contributed by atoms with Crippen molar-refractivity contribution in [1.82, 2.24) is 19.8 Å². The first-order valence-corrected chi connectivity index (χ1v) is 8.30. The van der Waals surface area contributed by atoms with Gasteiger partial charge in [-0.25, -0.2) is 9.97 Å². The van der Waals surface area contributed by atoms with Crippen LogP contribution in [0.3, 0.4) is 0 Å². The van der Waals surface area contributed by atoms with Crippen LogP contribution in [0.2, 0.25) is 5.02 Å². The maximum atomic E-state index is 12.7. The number of aryl methyl sites for hydroxylation is 1. The Kier molecular flexibility index (Phi) is 5.14. The summed E-state index contributed by atoms with van der Waals surface area (Å²) in [5.41, 5.74) is 1.77. The summed E-state index contributed by atoms with van der Waals surface area (Å²) in [6.07, 6.45) is 0.809. The molecule has 3 rings (SSSR count). The lowest BCUT2D eigenvalue weighted by Gasteiger charge is -2.32. The highest BCUT2D eigenvalue weighted by Gasteiger charge is 2.23. The summed E-state index contributed by atoms with van der Waals surface area (Å²) in [5.74, 6) is 0.183. The highest BCUT2D eigenvalue weighted by Crippen LogP contribution is 2.19. The highest BCUT2D eigenvalue weighted by molar-refractivity contribution is 6.30. The molecule has 1 aliphatic heterocycles. The van der Waals surface area contributed by atoms with Crippen LogP contribution in [0.5, 0.6) is 0 Å². The number of amides is 2. The van der Waals surface area contributed by atoms with Crippen LogP contribution < -0.4 is 5.32 Å². The van der Waals surface area contributed by atoms with Gasteiger partial charge in [-0.3, -0.25) is 9.59 Å². The van der Waals surface area contributed by atoms with Crippen molar-refractivity contribution in [3.05, 3.63) is 46.7 Å². The van der Waals surface area contributed by atoms with Crippen LogP contribution in [0.15, 0.2) is 30.3 Å². The van der Waals surface area contributed by atoms with Crippen molar-refractivity contribution in [1.29, 1.82) is 0 Å². The number of nitrogens with zero attached hydrogens (tertiary/aromatic N) is 4. The van der Waals surface area contributed by atoms with Crippen molar-refractivity contribution >= 4 is 35.6 Å². The third kappa shape index (κ3) is 4.24. The van der Waals surface area contributed by atoms with Crippen molar-refractivity contribution < 1.29 is 9.59 Å². The normalized spacial score (nSPS) is 14.3. The first kappa shape index (κ1) is 17.2. The molecule has 8 heteroatoms. The molecule has 2 aromatic rings. The van der Waals surface area contributed by atoms with Gasteiger partial charge >= 0.3 is 0 Å². The van der Waals surface area contributed by atoms with Gasteiger partial charge in [0.05, 0.1) is 0 Å². The Morgan fingerprint density at radius 1 is 1.20 bits per heavy atom. The van der Waals surface area contributed by atoms with Gasteiger partial charge < -0.3 is 15.1 Å². The molecular weight excluding hydrogens is 342 g/mol. The second-order valence-electron chi connectivity index (χ2n) is 5.79. The van der Waals surface area contributed by atoms with Crippen LogP contribution in [-0.4, -0.2) is 58.3 Å². The van der Waals surface area contributed by atoms with E-state index in [1.807, 2.05) is 19.1 Å². The molecule has 0 bridgehead atoms. The monoisotopic (exact) mass is 359 g/mol. The highest BCUT2D eigenvalue weighted by atomic mass is 35.5. The summed E-state index contributed by atoms with van der Waals surface area (Å²) in [7, 11) is 0. The number of rotatable bonds is 4. The Morgan fingerprint density at radius 2 is 1.96 bits per heavy atom. The molecule has 25 heavy (non-hydrogen) atoms. The summed E-state index contributed by atoms with van der Waals surface area (Å²) in [4.78, 5) is 35.5. The lowest BCUT2D eigenvalue weighted by molar-refractivity contribution is -0.119. The Hall–Kier alpha value is -2.67. The van der Waals surface area contributed by atoms with Crippen LogP contribution in [0.1, 0.15) is 16.2 Å². The molecule has 1 aromatic heterocycles. The van der Waals surface area contributed by atoms with E-state index >= 15 is 0 Å². The van der Waals surface area contributed by atoms with Crippen molar-refractivity contribution in [2.45, 2.75) is 6.92 Å². The quantitative estimate of drug-likeness (QED) is 0.846. The summed E-state index contributed by atoms with van der Waals surface area (Å²) >= 11 is 5.98. The number of benzene rings is 1. The molecule has 0 radical (unpaired) electrons. The number of anilines is 2. The lowest BCUT2D eigenvalue weighted by atomic mass is 10.2. The molecule has 1 aromatic carbocycles. The van der Waals surface area contributed by atoms with Gasteiger partial charge in [0, 0.05) is 42.6 Å². The van der Waals surface area contributed by atoms with Gasteiger partial charge in [0.25, 0.3) is 5.91 Å². The molecule has 2 amide bonds. The molecule has 0 unspecified atom stereocenters. The first-order valence-electron chi connectivity index (χ1n) is 7.92. The van der Waals surface area contributed by atoms with Gasteiger partial charge in [0.2, 0.25) is 12.4 Å². The smallest absolute Gasteiger partial charge is 0.272 e. The minimum Gasteiger partial charge on any atom is -0.342 e. The summed E-state index contributed by atoms with van der Waals surface area (Å²) in [6.45, 7) is 3.88. The predicted octanol–water partition coefficient (Wildman–Crippen LogP) is 2.10. The average molecular weight is 360 g/mol. The molecular formula is C17H18ClN5O2. The maximum Gasteiger partial charge on any atom is 0.272 e. The lowest BCUT2D eigenvalue weighted by Crippen LogP contribution is -2.48. The van der Waals surface area contributed by atoms with E-state index in [9.17, 15) is 9.59 Å². The zero-order chi connectivity index (χ0) is 17.8. The molecule has 1 aliphatic rings. The second-order valence-corrected chi connectivity index (χ2v) is 6.22. The Balaban J connectivity index is 1.77. The van der Waals surface area contributed by atoms with Gasteiger partial charge in [-0.2, -0.15) is 0 Å². The predicted molar refractivity (Wildman–Crippen MR) is 95.0 cm³/mol. The van der Waals surface area contributed by atoms with Gasteiger partial charge in [0.15, 0.2) is 0 Å². The summed E-state index contributed by atoms with van der Waals surface area (Å²) < 4.78 is 0. The molecule has 1 N–H and O–H groups in total. The second kappa shape index (κ2) is 7.48. The number of carbonyl (C=O) groups excluding carboxylic acids is 2. The number of hydrogen-bond acceptors (Lipinski definition) is 5. The molecule has 0 aliphatic carbocycles.